The molecule has 14 nitrogen and oxygen atoms in total. The number of likely N-dealkylation sites (N-methyl/N-ethyl adjacent to an activating group) is 2. The van der Waals surface area contributed by atoms with Crippen molar-refractivity contribution in [2.75, 3.05) is 37.1 Å². The third-order valence-electron chi connectivity index (χ3n) is 6.51. The van der Waals surface area contributed by atoms with E-state index in [1.165, 1.54) is 23.6 Å². The monoisotopic (exact) mass is 764 g/mol. The van der Waals surface area contributed by atoms with Crippen molar-refractivity contribution in [3.63, 3.8) is 0 Å². The Balaban J connectivity index is 0.000000417. The number of carbonyl (C=O) groups excluding carboxylic acids is 7. The second-order valence-electron chi connectivity index (χ2n) is 12.0. The lowest BCUT2D eigenvalue weighted by molar-refractivity contribution is -0.156. The molecule has 4 rings (SSSR count). The minimum Gasteiger partial charge on any atom is -0.489 e. The van der Waals surface area contributed by atoms with Crippen molar-refractivity contribution in [1.29, 1.82) is 0 Å². The first kappa shape index (κ1) is 45.5. The van der Waals surface area contributed by atoms with E-state index in [1.807, 2.05) is 0 Å². The highest BCUT2D eigenvalue weighted by atomic mass is 19.4. The van der Waals surface area contributed by atoms with Crippen molar-refractivity contribution in [3.8, 4) is 11.5 Å². The molecule has 53 heavy (non-hydrogen) atoms. The Labute approximate surface area is 299 Å². The largest absolute Gasteiger partial charge is 0.489 e. The van der Waals surface area contributed by atoms with Crippen LogP contribution in [-0.4, -0.2) is 99.4 Å². The maximum absolute atomic E-state index is 12.6. The molecule has 0 radical (unpaired) electrons. The second-order valence-corrected chi connectivity index (χ2v) is 12.0. The van der Waals surface area contributed by atoms with E-state index >= 15 is 0 Å². The fraction of sp³-hybridized carbons (Fsp3) is 0.424. The molecule has 0 saturated carbocycles. The number of ketones is 2. The summed E-state index contributed by atoms with van der Waals surface area (Å²) in [5.74, 6) is 0.321. The van der Waals surface area contributed by atoms with Gasteiger partial charge in [-0.15, -0.1) is 0 Å². The first-order valence-corrected chi connectivity index (χ1v) is 15.1. The molecule has 20 heteroatoms. The van der Waals surface area contributed by atoms with Crippen LogP contribution in [0.1, 0.15) is 55.3 Å². The third-order valence-corrected chi connectivity index (χ3v) is 6.51. The molecule has 2 aliphatic rings. The molecule has 2 heterocycles. The summed E-state index contributed by atoms with van der Waals surface area (Å²) in [4.78, 5) is 79.3. The van der Waals surface area contributed by atoms with Gasteiger partial charge in [0.05, 0.1) is 11.4 Å². The average molecular weight is 765 g/mol. The number of hydrogen-bond acceptors (Lipinski definition) is 11. The van der Waals surface area contributed by atoms with Gasteiger partial charge in [0, 0.05) is 25.2 Å². The summed E-state index contributed by atoms with van der Waals surface area (Å²) < 4.78 is 78.7. The summed E-state index contributed by atoms with van der Waals surface area (Å²) in [5, 5.41) is 2.52. The van der Waals surface area contributed by atoms with E-state index in [-0.39, 0.29) is 36.6 Å². The van der Waals surface area contributed by atoms with Crippen LogP contribution in [0.15, 0.2) is 36.4 Å². The van der Waals surface area contributed by atoms with Gasteiger partial charge in [0.15, 0.2) is 11.6 Å². The zero-order chi connectivity index (χ0) is 41.1. The molecule has 3 N–H and O–H groups in total. The number of Topliss-reactive ketones (excluding diaryl/α,β-unsaturated/α-hetero) is 2. The molecule has 2 aromatic carbocycles. The van der Waals surface area contributed by atoms with Crippen LogP contribution in [0.3, 0.4) is 0 Å². The van der Waals surface area contributed by atoms with E-state index < -0.39 is 48.7 Å². The standard InChI is InChI=1S/C17H22N2O5.C12H14N2O3.2C2HF3O/c1-10(20)11-6-7-14-13(8-11)19(5)15(21)12(9-23-14)18-16(22)24-17(2,3)4;1-7(15)8-3-4-11-10(5-8)14(2)12(16)9(13)6-17-11;2*3-2(4,5)1-6/h6-8,12H,9H2,1-5H3,(H,18,22);3-5,9H,6,13H2,1-2H3;2*1H/t12-;9-;;/m00../s1. The number of nitrogens with one attached hydrogen (secondary N) is 1. The second kappa shape index (κ2) is 18.8. The van der Waals surface area contributed by atoms with Crippen LogP contribution in [0.5, 0.6) is 11.5 Å². The number of amides is 3. The highest BCUT2D eigenvalue weighted by Gasteiger charge is 2.32. The smallest absolute Gasteiger partial charge is 0.446 e. The van der Waals surface area contributed by atoms with E-state index in [9.17, 15) is 50.3 Å². The van der Waals surface area contributed by atoms with E-state index in [0.717, 1.165) is 0 Å². The topological polar surface area (TPSA) is 192 Å². The molecule has 0 saturated heterocycles. The Hall–Kier alpha value is -5.53. The highest BCUT2D eigenvalue weighted by molar-refractivity contribution is 6.03. The van der Waals surface area contributed by atoms with Crippen molar-refractivity contribution in [3.05, 3.63) is 47.5 Å². The maximum atomic E-state index is 12.6. The number of anilines is 2. The fourth-order valence-electron chi connectivity index (χ4n) is 4.01. The minimum absolute atomic E-state index is 0.0190. The van der Waals surface area contributed by atoms with Crippen LogP contribution < -0.4 is 30.3 Å². The number of nitrogens with zero attached hydrogens (tertiary/aromatic N) is 2. The maximum Gasteiger partial charge on any atom is 0.446 e. The summed E-state index contributed by atoms with van der Waals surface area (Å²) in [6.45, 7) is 8.28. The van der Waals surface area contributed by atoms with Gasteiger partial charge in [0.1, 0.15) is 42.4 Å². The van der Waals surface area contributed by atoms with Gasteiger partial charge in [-0.25, -0.2) is 4.79 Å². The number of ether oxygens (including phenoxy) is 3. The van der Waals surface area contributed by atoms with Crippen LogP contribution in [0.4, 0.5) is 42.5 Å². The predicted molar refractivity (Wildman–Crippen MR) is 176 cm³/mol. The van der Waals surface area contributed by atoms with Gasteiger partial charge in [0.25, 0.3) is 5.91 Å². The Morgan fingerprint density at radius 2 is 1.15 bits per heavy atom. The Morgan fingerprint density at radius 3 is 1.51 bits per heavy atom. The molecule has 2 aliphatic heterocycles. The number of nitrogens with two attached hydrogens (primary N) is 1. The van der Waals surface area contributed by atoms with Gasteiger partial charge in [-0.2, -0.15) is 26.3 Å². The summed E-state index contributed by atoms with van der Waals surface area (Å²) >= 11 is 0. The predicted octanol–water partition coefficient (Wildman–Crippen LogP) is 4.20. The number of alkyl carbamates (subject to hydrolysis) is 1. The van der Waals surface area contributed by atoms with Gasteiger partial charge in [0.2, 0.25) is 18.5 Å². The van der Waals surface area contributed by atoms with Crippen molar-refractivity contribution in [1.82, 2.24) is 5.32 Å². The molecule has 2 atom stereocenters. The van der Waals surface area contributed by atoms with Gasteiger partial charge < -0.3 is 35.1 Å². The van der Waals surface area contributed by atoms with Gasteiger partial charge >= 0.3 is 18.4 Å². The summed E-state index contributed by atoms with van der Waals surface area (Å²) in [6.07, 6.45) is -12.1. The van der Waals surface area contributed by atoms with Gasteiger partial charge in [-0.05, 0) is 71.0 Å². The van der Waals surface area contributed by atoms with Crippen LogP contribution in [-0.2, 0) is 23.9 Å². The Bertz CT molecular complexity index is 1660. The van der Waals surface area contributed by atoms with Crippen LogP contribution in [0.25, 0.3) is 0 Å². The number of carbonyl (C=O) groups is 7. The average Bonchev–Trinajstić information content (AvgIpc) is 3.24. The summed E-state index contributed by atoms with van der Waals surface area (Å²) in [5.41, 5.74) is 7.09. The normalized spacial score (nSPS) is 16.6. The van der Waals surface area contributed by atoms with Crippen LogP contribution >= 0.6 is 0 Å². The van der Waals surface area contributed by atoms with Crippen LogP contribution in [0, 0.1) is 0 Å². The lowest BCUT2D eigenvalue weighted by atomic mass is 10.1. The van der Waals surface area contributed by atoms with E-state index in [4.69, 9.17) is 29.5 Å². The van der Waals surface area contributed by atoms with E-state index in [2.05, 4.69) is 5.32 Å². The van der Waals surface area contributed by atoms with Crippen LogP contribution in [0.2, 0.25) is 0 Å². The number of halogens is 6. The lowest BCUT2D eigenvalue weighted by Gasteiger charge is -2.23. The quantitative estimate of drug-likeness (QED) is 0.259. The molecular weight excluding hydrogens is 726 g/mol. The number of alkyl halides is 6. The number of aldehydes is 2. The van der Waals surface area contributed by atoms with Gasteiger partial charge in [-0.3, -0.25) is 28.8 Å². The number of benzene rings is 2. The number of rotatable bonds is 3. The first-order chi connectivity index (χ1) is 24.2. The van der Waals surface area contributed by atoms with Crippen molar-refractivity contribution in [2.24, 2.45) is 5.73 Å². The SMILES string of the molecule is CC(=O)c1ccc2c(c1)N(C)C(=O)[C@@H](N)CO2.CC(=O)c1ccc2c(c1)N(C)C(=O)[C@@H](NC(=O)OC(C)(C)C)CO2.O=CC(F)(F)F.O=CC(F)(F)F. The van der Waals surface area contributed by atoms with E-state index in [1.54, 1.807) is 71.3 Å². The Kier molecular flexibility index (Phi) is 16.1. The van der Waals surface area contributed by atoms with Crippen molar-refractivity contribution >= 4 is 53.4 Å². The van der Waals surface area contributed by atoms with Crippen molar-refractivity contribution < 1.29 is 74.1 Å². The molecule has 0 aromatic heterocycles. The summed E-state index contributed by atoms with van der Waals surface area (Å²) in [7, 11) is 3.20. The zero-order valence-corrected chi connectivity index (χ0v) is 29.5. The molecule has 0 fully saturated rings. The number of hydrogen-bond donors (Lipinski definition) is 2. The van der Waals surface area contributed by atoms with Gasteiger partial charge in [-0.1, -0.05) is 0 Å². The molecule has 0 aliphatic carbocycles. The Morgan fingerprint density at radius 1 is 0.774 bits per heavy atom. The molecule has 0 bridgehead atoms. The molecule has 2 aromatic rings. The summed E-state index contributed by atoms with van der Waals surface area (Å²) in [6, 6.07) is 8.35. The molecule has 0 unspecified atom stereocenters. The molecular formula is C33H38F6N4O10. The minimum atomic E-state index is -4.64. The number of fused-ring (bicyclic) bond motifs is 2. The molecule has 0 spiro atoms. The highest BCUT2D eigenvalue weighted by Crippen LogP contribution is 2.33. The fourth-order valence-corrected chi connectivity index (χ4v) is 4.01. The first-order valence-electron chi connectivity index (χ1n) is 15.1. The lowest BCUT2D eigenvalue weighted by Crippen LogP contribution is -2.50. The van der Waals surface area contributed by atoms with E-state index in [0.29, 0.717) is 34.0 Å². The van der Waals surface area contributed by atoms with Crippen molar-refractivity contribution in [2.45, 2.75) is 64.7 Å². The zero-order valence-electron chi connectivity index (χ0n) is 29.5. The third kappa shape index (κ3) is 15.3. The molecule has 3 amide bonds. The molecule has 292 valence electrons.